The fraction of sp³-hybridized carbons (Fsp3) is 0.316. The van der Waals surface area contributed by atoms with Crippen LogP contribution in [0.2, 0.25) is 0 Å². The SMILES string of the molecule is CC(=O)N1CC(c2ccccc2)NCC1Cc1ccccc1. The van der Waals surface area contributed by atoms with Gasteiger partial charge in [-0.25, -0.2) is 0 Å². The van der Waals surface area contributed by atoms with Crippen LogP contribution in [-0.2, 0) is 11.2 Å². The molecule has 2 atom stereocenters. The van der Waals surface area contributed by atoms with Crippen LogP contribution in [0, 0.1) is 0 Å². The fourth-order valence-corrected chi connectivity index (χ4v) is 3.16. The molecule has 0 aliphatic carbocycles. The van der Waals surface area contributed by atoms with Crippen LogP contribution in [0.3, 0.4) is 0 Å². The van der Waals surface area contributed by atoms with Crippen LogP contribution in [-0.4, -0.2) is 29.9 Å². The third-order valence-electron chi connectivity index (χ3n) is 4.34. The first-order chi connectivity index (χ1) is 10.7. The second-order valence-corrected chi connectivity index (χ2v) is 5.89. The van der Waals surface area contributed by atoms with E-state index in [0.29, 0.717) is 0 Å². The highest BCUT2D eigenvalue weighted by Gasteiger charge is 2.30. The number of benzene rings is 2. The predicted octanol–water partition coefficient (Wildman–Crippen LogP) is 2.79. The van der Waals surface area contributed by atoms with E-state index in [1.54, 1.807) is 6.92 Å². The Bertz CT molecular complexity index is 612. The molecule has 0 saturated carbocycles. The Morgan fingerprint density at radius 1 is 1.09 bits per heavy atom. The molecule has 3 rings (SSSR count). The number of nitrogens with zero attached hydrogens (tertiary/aromatic N) is 1. The quantitative estimate of drug-likeness (QED) is 0.944. The van der Waals surface area contributed by atoms with Gasteiger partial charge in [0, 0.05) is 32.1 Å². The Morgan fingerprint density at radius 3 is 2.36 bits per heavy atom. The molecule has 114 valence electrons. The van der Waals surface area contributed by atoms with E-state index in [2.05, 4.69) is 41.7 Å². The van der Waals surface area contributed by atoms with E-state index < -0.39 is 0 Å². The van der Waals surface area contributed by atoms with Crippen LogP contribution in [0.1, 0.15) is 24.1 Å². The van der Waals surface area contributed by atoms with E-state index in [4.69, 9.17) is 0 Å². The first-order valence-corrected chi connectivity index (χ1v) is 7.83. The van der Waals surface area contributed by atoms with Gasteiger partial charge in [0.25, 0.3) is 0 Å². The van der Waals surface area contributed by atoms with E-state index in [-0.39, 0.29) is 18.0 Å². The Labute approximate surface area is 132 Å². The highest BCUT2D eigenvalue weighted by Crippen LogP contribution is 2.21. The van der Waals surface area contributed by atoms with E-state index in [1.165, 1.54) is 11.1 Å². The fourth-order valence-electron chi connectivity index (χ4n) is 3.16. The molecule has 2 aromatic rings. The maximum Gasteiger partial charge on any atom is 0.219 e. The van der Waals surface area contributed by atoms with Crippen LogP contribution < -0.4 is 5.32 Å². The summed E-state index contributed by atoms with van der Waals surface area (Å²) in [5.74, 6) is 0.156. The second kappa shape index (κ2) is 6.75. The largest absolute Gasteiger partial charge is 0.336 e. The summed E-state index contributed by atoms with van der Waals surface area (Å²) in [4.78, 5) is 14.1. The highest BCUT2D eigenvalue weighted by atomic mass is 16.2. The first-order valence-electron chi connectivity index (χ1n) is 7.83. The number of rotatable bonds is 3. The number of carbonyl (C=O) groups is 1. The van der Waals surface area contributed by atoms with Gasteiger partial charge in [-0.2, -0.15) is 0 Å². The van der Waals surface area contributed by atoms with E-state index >= 15 is 0 Å². The lowest BCUT2D eigenvalue weighted by Crippen LogP contribution is -2.55. The van der Waals surface area contributed by atoms with Crippen molar-refractivity contribution in [2.45, 2.75) is 25.4 Å². The molecule has 1 heterocycles. The van der Waals surface area contributed by atoms with Gasteiger partial charge in [0.15, 0.2) is 0 Å². The van der Waals surface area contributed by atoms with Crippen molar-refractivity contribution in [3.8, 4) is 0 Å². The molecule has 3 nitrogen and oxygen atoms in total. The molecule has 1 fully saturated rings. The molecule has 2 unspecified atom stereocenters. The summed E-state index contributed by atoms with van der Waals surface area (Å²) in [5.41, 5.74) is 2.52. The van der Waals surface area contributed by atoms with Gasteiger partial charge in [0.1, 0.15) is 0 Å². The van der Waals surface area contributed by atoms with Crippen molar-refractivity contribution in [2.75, 3.05) is 13.1 Å². The zero-order chi connectivity index (χ0) is 15.4. The standard InChI is InChI=1S/C19H22N2O/c1-15(22)21-14-19(17-10-6-3-7-11-17)20-13-18(21)12-16-8-4-2-5-9-16/h2-11,18-20H,12-14H2,1H3. The monoisotopic (exact) mass is 294 g/mol. The minimum atomic E-state index is 0.156. The molecule has 0 radical (unpaired) electrons. The topological polar surface area (TPSA) is 32.3 Å². The van der Waals surface area contributed by atoms with E-state index in [9.17, 15) is 4.79 Å². The lowest BCUT2D eigenvalue weighted by molar-refractivity contribution is -0.132. The summed E-state index contributed by atoms with van der Waals surface area (Å²) in [5, 5.41) is 3.60. The number of nitrogens with one attached hydrogen (secondary N) is 1. The molecule has 0 aromatic heterocycles. The van der Waals surface area contributed by atoms with Gasteiger partial charge in [-0.1, -0.05) is 60.7 Å². The molecule has 1 aliphatic rings. The number of amides is 1. The first kappa shape index (κ1) is 14.8. The summed E-state index contributed by atoms with van der Waals surface area (Å²) in [6, 6.07) is 21.2. The van der Waals surface area contributed by atoms with Crippen molar-refractivity contribution in [3.63, 3.8) is 0 Å². The van der Waals surface area contributed by atoms with Crippen molar-refractivity contribution >= 4 is 5.91 Å². The molecule has 0 spiro atoms. The van der Waals surface area contributed by atoms with Gasteiger partial charge in [-0.15, -0.1) is 0 Å². The van der Waals surface area contributed by atoms with Crippen LogP contribution in [0.5, 0.6) is 0 Å². The zero-order valence-corrected chi connectivity index (χ0v) is 12.9. The van der Waals surface area contributed by atoms with Crippen LogP contribution in [0.4, 0.5) is 0 Å². The summed E-state index contributed by atoms with van der Waals surface area (Å²) in [6.07, 6.45) is 0.898. The van der Waals surface area contributed by atoms with Crippen molar-refractivity contribution in [1.82, 2.24) is 10.2 Å². The van der Waals surface area contributed by atoms with Crippen molar-refractivity contribution in [2.24, 2.45) is 0 Å². The summed E-state index contributed by atoms with van der Waals surface area (Å²) in [6.45, 7) is 3.23. The average Bonchev–Trinajstić information content (AvgIpc) is 2.57. The molecular weight excluding hydrogens is 272 g/mol. The summed E-state index contributed by atoms with van der Waals surface area (Å²) in [7, 11) is 0. The third kappa shape index (κ3) is 3.37. The highest BCUT2D eigenvalue weighted by molar-refractivity contribution is 5.74. The van der Waals surface area contributed by atoms with Crippen molar-refractivity contribution < 1.29 is 4.79 Å². The maximum atomic E-state index is 12.1. The maximum absolute atomic E-state index is 12.1. The lowest BCUT2D eigenvalue weighted by atomic mass is 9.97. The number of hydrogen-bond acceptors (Lipinski definition) is 2. The second-order valence-electron chi connectivity index (χ2n) is 5.89. The number of piperazine rings is 1. The minimum absolute atomic E-state index is 0.156. The van der Waals surface area contributed by atoms with E-state index in [0.717, 1.165) is 19.5 Å². The molecule has 1 N–H and O–H groups in total. The lowest BCUT2D eigenvalue weighted by Gasteiger charge is -2.40. The van der Waals surface area contributed by atoms with Gasteiger partial charge < -0.3 is 10.2 Å². The molecule has 2 aromatic carbocycles. The van der Waals surface area contributed by atoms with Crippen LogP contribution in [0.15, 0.2) is 60.7 Å². The molecule has 1 aliphatic heterocycles. The zero-order valence-electron chi connectivity index (χ0n) is 12.9. The minimum Gasteiger partial charge on any atom is -0.336 e. The Kier molecular flexibility index (Phi) is 4.54. The predicted molar refractivity (Wildman–Crippen MR) is 88.5 cm³/mol. The number of carbonyl (C=O) groups excluding carboxylic acids is 1. The average molecular weight is 294 g/mol. The summed E-state index contributed by atoms with van der Waals surface area (Å²) < 4.78 is 0. The van der Waals surface area contributed by atoms with Crippen LogP contribution >= 0.6 is 0 Å². The van der Waals surface area contributed by atoms with Crippen molar-refractivity contribution in [1.29, 1.82) is 0 Å². The van der Waals surface area contributed by atoms with Gasteiger partial charge in [-0.3, -0.25) is 4.79 Å². The molecule has 1 saturated heterocycles. The Morgan fingerprint density at radius 2 is 1.73 bits per heavy atom. The number of hydrogen-bond donors (Lipinski definition) is 1. The smallest absolute Gasteiger partial charge is 0.219 e. The normalized spacial score (nSPS) is 21.6. The molecule has 1 amide bonds. The van der Waals surface area contributed by atoms with Gasteiger partial charge in [0.05, 0.1) is 0 Å². The third-order valence-corrected chi connectivity index (χ3v) is 4.34. The Hall–Kier alpha value is -2.13. The molecule has 22 heavy (non-hydrogen) atoms. The summed E-state index contributed by atoms with van der Waals surface area (Å²) >= 11 is 0. The van der Waals surface area contributed by atoms with Gasteiger partial charge in [-0.05, 0) is 17.5 Å². The Balaban J connectivity index is 1.73. The van der Waals surface area contributed by atoms with Crippen molar-refractivity contribution in [3.05, 3.63) is 71.8 Å². The van der Waals surface area contributed by atoms with Gasteiger partial charge >= 0.3 is 0 Å². The molecular formula is C19H22N2O. The van der Waals surface area contributed by atoms with Crippen LogP contribution in [0.25, 0.3) is 0 Å². The van der Waals surface area contributed by atoms with E-state index in [1.807, 2.05) is 29.2 Å². The van der Waals surface area contributed by atoms with Gasteiger partial charge in [0.2, 0.25) is 5.91 Å². The molecule has 0 bridgehead atoms. The molecule has 3 heteroatoms.